The number of fused-ring (bicyclic) bond motifs is 1. The van der Waals surface area contributed by atoms with Crippen LogP contribution in [0.4, 0.5) is 0 Å². The number of para-hydroxylation sites is 1. The highest BCUT2D eigenvalue weighted by Gasteiger charge is 2.16. The highest BCUT2D eigenvalue weighted by atomic mass is 35.5. The molecule has 2 nitrogen and oxygen atoms in total. The molecular formula is C16H15ClN2S. The smallest absolute Gasteiger partial charge is 0.0931 e. The summed E-state index contributed by atoms with van der Waals surface area (Å²) in [6.45, 7) is 2.98. The van der Waals surface area contributed by atoms with Crippen LogP contribution in [0.1, 0.15) is 23.5 Å². The molecule has 1 unspecified atom stereocenters. The quantitative estimate of drug-likeness (QED) is 0.759. The highest BCUT2D eigenvalue weighted by molar-refractivity contribution is 7.16. The lowest BCUT2D eigenvalue weighted by molar-refractivity contribution is 0.626. The molecule has 1 aromatic carbocycles. The van der Waals surface area contributed by atoms with E-state index in [4.69, 9.17) is 16.6 Å². The van der Waals surface area contributed by atoms with Gasteiger partial charge in [0.2, 0.25) is 0 Å². The molecule has 20 heavy (non-hydrogen) atoms. The van der Waals surface area contributed by atoms with Gasteiger partial charge in [0.05, 0.1) is 21.6 Å². The molecule has 2 heterocycles. The molecule has 0 fully saturated rings. The van der Waals surface area contributed by atoms with Crippen molar-refractivity contribution in [1.29, 1.82) is 0 Å². The van der Waals surface area contributed by atoms with Crippen LogP contribution in [0.5, 0.6) is 0 Å². The molecule has 0 spiro atoms. The molecule has 0 saturated carbocycles. The second-order valence-electron chi connectivity index (χ2n) is 4.56. The van der Waals surface area contributed by atoms with E-state index in [1.807, 2.05) is 24.3 Å². The van der Waals surface area contributed by atoms with Gasteiger partial charge < -0.3 is 5.32 Å². The molecule has 3 aromatic rings. The Morgan fingerprint density at radius 1 is 1.15 bits per heavy atom. The number of aromatic nitrogens is 1. The van der Waals surface area contributed by atoms with Gasteiger partial charge in [-0.1, -0.05) is 42.8 Å². The Kier molecular flexibility index (Phi) is 4.01. The number of thiophene rings is 1. The average molecular weight is 303 g/mol. The van der Waals surface area contributed by atoms with Crippen LogP contribution in [-0.2, 0) is 0 Å². The number of nitrogens with zero attached hydrogens (tertiary/aromatic N) is 1. The number of hydrogen-bond donors (Lipinski definition) is 1. The Morgan fingerprint density at radius 3 is 2.75 bits per heavy atom. The van der Waals surface area contributed by atoms with E-state index < -0.39 is 0 Å². The lowest BCUT2D eigenvalue weighted by Crippen LogP contribution is -2.22. The molecule has 3 rings (SSSR count). The first-order chi connectivity index (χ1) is 9.78. The van der Waals surface area contributed by atoms with E-state index in [-0.39, 0.29) is 6.04 Å². The lowest BCUT2D eigenvalue weighted by atomic mass is 10.1. The van der Waals surface area contributed by atoms with Crippen molar-refractivity contribution in [3.05, 3.63) is 63.4 Å². The average Bonchev–Trinajstić information content (AvgIpc) is 2.90. The zero-order valence-electron chi connectivity index (χ0n) is 11.1. The van der Waals surface area contributed by atoms with Crippen LogP contribution in [0.25, 0.3) is 10.9 Å². The van der Waals surface area contributed by atoms with Crippen molar-refractivity contribution in [3.63, 3.8) is 0 Å². The summed E-state index contributed by atoms with van der Waals surface area (Å²) in [6, 6.07) is 16.5. The molecule has 1 atom stereocenters. The molecule has 102 valence electrons. The zero-order valence-corrected chi connectivity index (χ0v) is 12.7. The number of rotatable bonds is 4. The number of halogens is 1. The number of nitrogens with one attached hydrogen (secondary N) is 1. The fraction of sp³-hybridized carbons (Fsp3) is 0.188. The van der Waals surface area contributed by atoms with Gasteiger partial charge in [-0.15, -0.1) is 11.3 Å². The Balaban J connectivity index is 2.04. The van der Waals surface area contributed by atoms with Crippen molar-refractivity contribution in [2.24, 2.45) is 0 Å². The van der Waals surface area contributed by atoms with Gasteiger partial charge in [0.15, 0.2) is 0 Å². The first-order valence-corrected chi connectivity index (χ1v) is 7.81. The zero-order chi connectivity index (χ0) is 13.9. The number of benzene rings is 1. The van der Waals surface area contributed by atoms with Crippen LogP contribution in [0.15, 0.2) is 48.5 Å². The molecule has 0 radical (unpaired) electrons. The maximum absolute atomic E-state index is 6.06. The minimum atomic E-state index is 0.0992. The fourth-order valence-corrected chi connectivity index (χ4v) is 3.43. The molecule has 0 amide bonds. The molecule has 0 aliphatic rings. The second kappa shape index (κ2) is 5.92. The minimum Gasteiger partial charge on any atom is -0.305 e. The minimum absolute atomic E-state index is 0.0992. The van der Waals surface area contributed by atoms with E-state index in [1.165, 1.54) is 4.88 Å². The van der Waals surface area contributed by atoms with Crippen LogP contribution in [0.2, 0.25) is 4.34 Å². The molecular weight excluding hydrogens is 288 g/mol. The molecule has 0 aliphatic heterocycles. The van der Waals surface area contributed by atoms with Gasteiger partial charge in [-0.2, -0.15) is 0 Å². The second-order valence-corrected chi connectivity index (χ2v) is 6.31. The molecule has 4 heteroatoms. The van der Waals surface area contributed by atoms with Crippen LogP contribution in [0, 0.1) is 0 Å². The number of hydrogen-bond acceptors (Lipinski definition) is 3. The largest absolute Gasteiger partial charge is 0.305 e. The van der Waals surface area contributed by atoms with Crippen LogP contribution >= 0.6 is 22.9 Å². The highest BCUT2D eigenvalue weighted by Crippen LogP contribution is 2.30. The summed E-state index contributed by atoms with van der Waals surface area (Å²) >= 11 is 7.66. The Hall–Kier alpha value is -1.42. The van der Waals surface area contributed by atoms with Crippen molar-refractivity contribution in [3.8, 4) is 0 Å². The van der Waals surface area contributed by atoms with E-state index in [1.54, 1.807) is 11.3 Å². The van der Waals surface area contributed by atoms with Gasteiger partial charge >= 0.3 is 0 Å². The predicted octanol–water partition coefficient (Wildman–Crippen LogP) is 4.65. The first-order valence-electron chi connectivity index (χ1n) is 6.62. The van der Waals surface area contributed by atoms with E-state index in [0.29, 0.717) is 0 Å². The van der Waals surface area contributed by atoms with Crippen LogP contribution < -0.4 is 5.32 Å². The third kappa shape index (κ3) is 2.70. The Labute approximate surface area is 127 Å². The predicted molar refractivity (Wildman–Crippen MR) is 86.6 cm³/mol. The summed E-state index contributed by atoms with van der Waals surface area (Å²) in [5.41, 5.74) is 2.06. The van der Waals surface area contributed by atoms with E-state index >= 15 is 0 Å². The Morgan fingerprint density at radius 2 is 2.00 bits per heavy atom. The molecule has 1 N–H and O–H groups in total. The van der Waals surface area contributed by atoms with Crippen molar-refractivity contribution >= 4 is 33.8 Å². The topological polar surface area (TPSA) is 24.9 Å². The van der Waals surface area contributed by atoms with Gasteiger partial charge in [-0.3, -0.25) is 4.98 Å². The maximum Gasteiger partial charge on any atom is 0.0931 e. The summed E-state index contributed by atoms with van der Waals surface area (Å²) in [6.07, 6.45) is 0. The van der Waals surface area contributed by atoms with Gasteiger partial charge in [-0.25, -0.2) is 0 Å². The normalized spacial score (nSPS) is 12.7. The monoisotopic (exact) mass is 302 g/mol. The van der Waals surface area contributed by atoms with Gasteiger partial charge in [0.1, 0.15) is 0 Å². The third-order valence-corrected chi connectivity index (χ3v) is 4.50. The van der Waals surface area contributed by atoms with Crippen molar-refractivity contribution in [2.75, 3.05) is 6.54 Å². The van der Waals surface area contributed by atoms with Crippen molar-refractivity contribution in [1.82, 2.24) is 10.3 Å². The number of pyridine rings is 1. The summed E-state index contributed by atoms with van der Waals surface area (Å²) in [5.74, 6) is 0. The molecule has 0 bridgehead atoms. The summed E-state index contributed by atoms with van der Waals surface area (Å²) in [7, 11) is 0. The SMILES string of the molecule is CCNC(c1ccc2ccccc2n1)c1ccc(Cl)s1. The first kappa shape index (κ1) is 13.6. The lowest BCUT2D eigenvalue weighted by Gasteiger charge is -2.16. The van der Waals surface area contributed by atoms with Crippen molar-refractivity contribution in [2.45, 2.75) is 13.0 Å². The van der Waals surface area contributed by atoms with E-state index in [9.17, 15) is 0 Å². The summed E-state index contributed by atoms with van der Waals surface area (Å²) in [5, 5.41) is 4.65. The third-order valence-electron chi connectivity index (χ3n) is 3.20. The molecule has 0 aliphatic carbocycles. The molecule has 0 saturated heterocycles. The molecule has 2 aromatic heterocycles. The van der Waals surface area contributed by atoms with Crippen LogP contribution in [0.3, 0.4) is 0 Å². The van der Waals surface area contributed by atoms with E-state index in [2.05, 4.69) is 36.5 Å². The Bertz CT molecular complexity index is 723. The van der Waals surface area contributed by atoms with Gasteiger partial charge in [-0.05, 0) is 30.8 Å². The van der Waals surface area contributed by atoms with Crippen LogP contribution in [-0.4, -0.2) is 11.5 Å². The fourth-order valence-electron chi connectivity index (χ4n) is 2.28. The summed E-state index contributed by atoms with van der Waals surface area (Å²) in [4.78, 5) is 5.97. The van der Waals surface area contributed by atoms with E-state index in [0.717, 1.165) is 27.5 Å². The van der Waals surface area contributed by atoms with Crippen molar-refractivity contribution < 1.29 is 0 Å². The standard InChI is InChI=1S/C16H15ClN2S/c1-2-18-16(14-9-10-15(17)20-14)13-8-7-11-5-3-4-6-12(11)19-13/h3-10,16,18H,2H2,1H3. The van der Waals surface area contributed by atoms with Gasteiger partial charge in [0.25, 0.3) is 0 Å². The maximum atomic E-state index is 6.06. The van der Waals surface area contributed by atoms with Gasteiger partial charge in [0, 0.05) is 10.3 Å². The summed E-state index contributed by atoms with van der Waals surface area (Å²) < 4.78 is 0.809.